The molecule has 0 amide bonds. The Morgan fingerprint density at radius 1 is 1.25 bits per heavy atom. The van der Waals surface area contributed by atoms with Gasteiger partial charge in [-0.1, -0.05) is 52.6 Å². The van der Waals surface area contributed by atoms with Crippen molar-refractivity contribution in [3.63, 3.8) is 0 Å². The highest BCUT2D eigenvalue weighted by atomic mass is 79.9. The molecule has 0 heterocycles. The monoisotopic (exact) mass is 346 g/mol. The number of halogens is 2. The van der Waals surface area contributed by atoms with Crippen LogP contribution in [0.25, 0.3) is 0 Å². The number of hydrogen-bond donors (Lipinski definition) is 0. The second kappa shape index (κ2) is 5.01. The van der Waals surface area contributed by atoms with Gasteiger partial charge in [-0.15, -0.1) is 0 Å². The van der Waals surface area contributed by atoms with Gasteiger partial charge in [-0.25, -0.2) is 0 Å². The molecule has 0 atom stereocenters. The number of benzene rings is 1. The minimum Gasteiger partial charge on any atom is -0.294 e. The van der Waals surface area contributed by atoms with E-state index in [1.807, 2.05) is 39.8 Å². The number of hydrogen-bond acceptors (Lipinski definition) is 1. The number of aryl methyl sites for hydroxylation is 1. The topological polar surface area (TPSA) is 17.1 Å². The lowest BCUT2D eigenvalue weighted by Crippen LogP contribution is -2.23. The largest absolute Gasteiger partial charge is 0.294 e. The van der Waals surface area contributed by atoms with Crippen LogP contribution in [0.4, 0.5) is 0 Å². The first-order chi connectivity index (χ1) is 7.29. The molecule has 0 aliphatic carbocycles. The van der Waals surface area contributed by atoms with Crippen molar-refractivity contribution >= 4 is 37.6 Å². The van der Waals surface area contributed by atoms with Crippen molar-refractivity contribution in [1.29, 1.82) is 0 Å². The zero-order chi connectivity index (χ0) is 12.5. The summed E-state index contributed by atoms with van der Waals surface area (Å²) in [5.74, 6) is 0.183. The summed E-state index contributed by atoms with van der Waals surface area (Å²) in [6.45, 7) is 8.01. The van der Waals surface area contributed by atoms with Gasteiger partial charge in [-0.2, -0.15) is 0 Å². The maximum Gasteiger partial charge on any atom is 0.169 e. The van der Waals surface area contributed by atoms with Gasteiger partial charge in [0.05, 0.1) is 0 Å². The van der Waals surface area contributed by atoms with E-state index >= 15 is 0 Å². The SMILES string of the molecule is CCC(C)(C)C(=O)c1cc(Br)c(C)cc1Br. The molecule has 1 aromatic rings. The van der Waals surface area contributed by atoms with Crippen LogP contribution < -0.4 is 0 Å². The Morgan fingerprint density at radius 2 is 1.81 bits per heavy atom. The van der Waals surface area contributed by atoms with Gasteiger partial charge >= 0.3 is 0 Å². The van der Waals surface area contributed by atoms with Crippen molar-refractivity contribution in [3.05, 3.63) is 32.2 Å². The second-order valence-electron chi connectivity index (χ2n) is 4.65. The Labute approximate surface area is 114 Å². The van der Waals surface area contributed by atoms with E-state index in [-0.39, 0.29) is 11.2 Å². The number of rotatable bonds is 3. The van der Waals surface area contributed by atoms with Crippen LogP contribution >= 0.6 is 31.9 Å². The van der Waals surface area contributed by atoms with Crippen LogP contribution in [-0.2, 0) is 0 Å². The van der Waals surface area contributed by atoms with Crippen molar-refractivity contribution in [2.24, 2.45) is 5.41 Å². The number of ketones is 1. The molecule has 0 unspecified atom stereocenters. The predicted molar refractivity (Wildman–Crippen MR) is 75.0 cm³/mol. The van der Waals surface area contributed by atoms with Gasteiger partial charge in [0.2, 0.25) is 0 Å². The van der Waals surface area contributed by atoms with Gasteiger partial charge in [-0.3, -0.25) is 4.79 Å². The molecule has 0 saturated carbocycles. The summed E-state index contributed by atoms with van der Waals surface area (Å²) in [7, 11) is 0. The summed E-state index contributed by atoms with van der Waals surface area (Å²) < 4.78 is 1.85. The van der Waals surface area contributed by atoms with Crippen molar-refractivity contribution in [3.8, 4) is 0 Å². The summed E-state index contributed by atoms with van der Waals surface area (Å²) in [5, 5.41) is 0. The molecule has 1 nitrogen and oxygen atoms in total. The Bertz CT molecular complexity index is 422. The minimum absolute atomic E-state index is 0.183. The molecule has 1 rings (SSSR count). The Balaban J connectivity index is 3.25. The normalized spacial score (nSPS) is 11.6. The fourth-order valence-corrected chi connectivity index (χ4v) is 2.33. The highest BCUT2D eigenvalue weighted by Gasteiger charge is 2.28. The van der Waals surface area contributed by atoms with Crippen LogP contribution in [-0.4, -0.2) is 5.78 Å². The first-order valence-corrected chi connectivity index (χ1v) is 6.88. The van der Waals surface area contributed by atoms with Crippen LogP contribution in [0.15, 0.2) is 21.1 Å². The maximum absolute atomic E-state index is 12.3. The molecule has 0 fully saturated rings. The van der Waals surface area contributed by atoms with Crippen LogP contribution in [0.1, 0.15) is 43.1 Å². The average molecular weight is 348 g/mol. The third-order valence-corrected chi connectivity index (χ3v) is 4.50. The Kier molecular flexibility index (Phi) is 4.35. The summed E-state index contributed by atoms with van der Waals surface area (Å²) in [6, 6.07) is 3.88. The highest BCUT2D eigenvalue weighted by Crippen LogP contribution is 2.32. The van der Waals surface area contributed by atoms with Gasteiger partial charge in [0.1, 0.15) is 0 Å². The summed E-state index contributed by atoms with van der Waals surface area (Å²) >= 11 is 6.93. The van der Waals surface area contributed by atoms with Crippen molar-refractivity contribution in [2.75, 3.05) is 0 Å². The van der Waals surface area contributed by atoms with Gasteiger partial charge in [0, 0.05) is 19.9 Å². The Hall–Kier alpha value is -0.150. The molecule has 3 heteroatoms. The molecule has 0 aliphatic rings. The van der Waals surface area contributed by atoms with E-state index in [2.05, 4.69) is 31.9 Å². The molecule has 0 radical (unpaired) electrons. The second-order valence-corrected chi connectivity index (χ2v) is 6.36. The highest BCUT2D eigenvalue weighted by molar-refractivity contribution is 9.11. The lowest BCUT2D eigenvalue weighted by atomic mass is 9.82. The molecule has 0 saturated heterocycles. The van der Waals surface area contributed by atoms with Crippen LogP contribution in [0.5, 0.6) is 0 Å². The van der Waals surface area contributed by atoms with Crippen molar-refractivity contribution in [2.45, 2.75) is 34.1 Å². The number of carbonyl (C=O) groups is 1. The Morgan fingerprint density at radius 3 is 2.31 bits per heavy atom. The van der Waals surface area contributed by atoms with Gasteiger partial charge in [0.25, 0.3) is 0 Å². The maximum atomic E-state index is 12.3. The molecule has 1 aromatic carbocycles. The number of carbonyl (C=O) groups excluding carboxylic acids is 1. The first-order valence-electron chi connectivity index (χ1n) is 5.30. The van der Waals surface area contributed by atoms with Gasteiger partial charge in [-0.05, 0) is 31.0 Å². The standard InChI is InChI=1S/C13H16Br2O/c1-5-13(3,4)12(16)9-7-10(14)8(2)6-11(9)15/h6-7H,5H2,1-4H3. The number of Topliss-reactive ketones (excluding diaryl/α,β-unsaturated/α-hetero) is 1. The van der Waals surface area contributed by atoms with E-state index in [9.17, 15) is 4.79 Å². The first kappa shape index (κ1) is 13.9. The van der Waals surface area contributed by atoms with Gasteiger partial charge in [0.15, 0.2) is 5.78 Å². The van der Waals surface area contributed by atoms with Crippen LogP contribution in [0.2, 0.25) is 0 Å². The molecule has 0 N–H and O–H groups in total. The molecule has 16 heavy (non-hydrogen) atoms. The van der Waals surface area contributed by atoms with E-state index < -0.39 is 0 Å². The van der Waals surface area contributed by atoms with E-state index in [0.717, 1.165) is 26.5 Å². The third kappa shape index (κ3) is 2.75. The van der Waals surface area contributed by atoms with E-state index in [0.29, 0.717) is 0 Å². The fraction of sp³-hybridized carbons (Fsp3) is 0.462. The molecule has 0 aromatic heterocycles. The lowest BCUT2D eigenvalue weighted by Gasteiger charge is -2.22. The smallest absolute Gasteiger partial charge is 0.169 e. The van der Waals surface area contributed by atoms with Crippen molar-refractivity contribution < 1.29 is 4.79 Å². The average Bonchev–Trinajstić information content (AvgIpc) is 2.22. The molecular weight excluding hydrogens is 332 g/mol. The zero-order valence-corrected chi connectivity index (χ0v) is 13.2. The third-order valence-electron chi connectivity index (χ3n) is 2.99. The summed E-state index contributed by atoms with van der Waals surface area (Å²) in [5.41, 5.74) is 1.57. The molecule has 0 bridgehead atoms. The quantitative estimate of drug-likeness (QED) is 0.692. The van der Waals surface area contributed by atoms with E-state index in [1.165, 1.54) is 0 Å². The molecule has 0 aliphatic heterocycles. The molecule has 88 valence electrons. The lowest BCUT2D eigenvalue weighted by molar-refractivity contribution is 0.0832. The van der Waals surface area contributed by atoms with E-state index in [1.54, 1.807) is 0 Å². The molecule has 0 spiro atoms. The van der Waals surface area contributed by atoms with Crippen LogP contribution in [0.3, 0.4) is 0 Å². The fourth-order valence-electron chi connectivity index (χ4n) is 1.35. The van der Waals surface area contributed by atoms with Crippen molar-refractivity contribution in [1.82, 2.24) is 0 Å². The predicted octanol–water partition coefficient (Wildman–Crippen LogP) is 5.14. The van der Waals surface area contributed by atoms with Gasteiger partial charge < -0.3 is 0 Å². The van der Waals surface area contributed by atoms with E-state index in [4.69, 9.17) is 0 Å². The summed E-state index contributed by atoms with van der Waals surface area (Å²) in [4.78, 5) is 12.3. The molecular formula is C13H16Br2O. The zero-order valence-electron chi connectivity index (χ0n) is 10.0. The van der Waals surface area contributed by atoms with Crippen LogP contribution in [0, 0.1) is 12.3 Å². The summed E-state index contributed by atoms with van der Waals surface area (Å²) in [6.07, 6.45) is 0.837. The minimum atomic E-state index is -0.308.